The maximum atomic E-state index is 13.0. The lowest BCUT2D eigenvalue weighted by atomic mass is 9.98. The van der Waals surface area contributed by atoms with Crippen LogP contribution in [0.1, 0.15) is 37.9 Å². The monoisotopic (exact) mass is 352 g/mol. The van der Waals surface area contributed by atoms with E-state index in [9.17, 15) is 4.79 Å². The molecule has 26 heavy (non-hydrogen) atoms. The third-order valence-electron chi connectivity index (χ3n) is 4.93. The van der Waals surface area contributed by atoms with Gasteiger partial charge in [0.25, 0.3) is 0 Å². The molecule has 2 aromatic rings. The smallest absolute Gasteiger partial charge is 0.237 e. The summed E-state index contributed by atoms with van der Waals surface area (Å²) in [5.74, 6) is 0.0454. The molecule has 1 aliphatic heterocycles. The van der Waals surface area contributed by atoms with E-state index in [1.807, 2.05) is 43.3 Å². The SMILES string of the molecule is C[C@@H]1CN([C@@H](C)C(=O)NC(c2ccccc2)c2ccccc2)C[C@H](C)O1. The van der Waals surface area contributed by atoms with E-state index in [2.05, 4.69) is 48.3 Å². The highest BCUT2D eigenvalue weighted by Gasteiger charge is 2.30. The van der Waals surface area contributed by atoms with Gasteiger partial charge in [-0.2, -0.15) is 0 Å². The molecule has 1 fully saturated rings. The van der Waals surface area contributed by atoms with Gasteiger partial charge in [-0.1, -0.05) is 60.7 Å². The molecule has 1 aliphatic rings. The predicted octanol–water partition coefficient (Wildman–Crippen LogP) is 3.39. The molecule has 4 nitrogen and oxygen atoms in total. The number of amides is 1. The van der Waals surface area contributed by atoms with Crippen molar-refractivity contribution in [2.75, 3.05) is 13.1 Å². The van der Waals surface area contributed by atoms with Crippen molar-refractivity contribution >= 4 is 5.91 Å². The fourth-order valence-electron chi connectivity index (χ4n) is 3.61. The van der Waals surface area contributed by atoms with E-state index in [1.54, 1.807) is 0 Å². The van der Waals surface area contributed by atoms with Crippen LogP contribution < -0.4 is 5.32 Å². The van der Waals surface area contributed by atoms with E-state index >= 15 is 0 Å². The van der Waals surface area contributed by atoms with Crippen molar-refractivity contribution in [2.24, 2.45) is 0 Å². The Bertz CT molecular complexity index is 655. The van der Waals surface area contributed by atoms with Gasteiger partial charge < -0.3 is 10.1 Å². The van der Waals surface area contributed by atoms with Crippen LogP contribution in [0.4, 0.5) is 0 Å². The van der Waals surface area contributed by atoms with E-state index < -0.39 is 0 Å². The minimum absolute atomic E-state index is 0.0454. The Balaban J connectivity index is 1.77. The first-order chi connectivity index (χ1) is 12.5. The maximum Gasteiger partial charge on any atom is 0.237 e. The Kier molecular flexibility index (Phi) is 6.07. The highest BCUT2D eigenvalue weighted by atomic mass is 16.5. The molecule has 0 spiro atoms. The lowest BCUT2D eigenvalue weighted by Gasteiger charge is -2.38. The van der Waals surface area contributed by atoms with Crippen LogP contribution in [0.25, 0.3) is 0 Å². The molecule has 3 rings (SSSR count). The number of morpholine rings is 1. The van der Waals surface area contributed by atoms with Gasteiger partial charge in [0, 0.05) is 13.1 Å². The molecule has 0 saturated carbocycles. The number of hydrogen-bond donors (Lipinski definition) is 1. The number of benzene rings is 2. The molecule has 1 N–H and O–H groups in total. The molecule has 3 atom stereocenters. The molecule has 0 radical (unpaired) electrons. The standard InChI is InChI=1S/C22H28N2O2/c1-16-14-24(15-17(2)26-16)18(3)22(25)23-21(19-10-6-4-7-11-19)20-12-8-5-9-13-20/h4-13,16-18,21H,14-15H2,1-3H3,(H,23,25)/t16-,17+,18-/m0/s1. The van der Waals surface area contributed by atoms with Crippen molar-refractivity contribution in [3.05, 3.63) is 71.8 Å². The predicted molar refractivity (Wildman–Crippen MR) is 104 cm³/mol. The van der Waals surface area contributed by atoms with Gasteiger partial charge in [0.05, 0.1) is 24.3 Å². The van der Waals surface area contributed by atoms with Gasteiger partial charge in [0.15, 0.2) is 0 Å². The fraction of sp³-hybridized carbons (Fsp3) is 0.409. The molecule has 1 heterocycles. The van der Waals surface area contributed by atoms with E-state index in [0.717, 1.165) is 24.2 Å². The number of nitrogens with zero attached hydrogens (tertiary/aromatic N) is 1. The largest absolute Gasteiger partial charge is 0.373 e. The van der Waals surface area contributed by atoms with Crippen molar-refractivity contribution in [2.45, 2.75) is 45.1 Å². The molecule has 4 heteroatoms. The normalized spacial score (nSPS) is 22.2. The molecule has 0 aliphatic carbocycles. The van der Waals surface area contributed by atoms with Gasteiger partial charge in [0.1, 0.15) is 0 Å². The van der Waals surface area contributed by atoms with Crippen molar-refractivity contribution in [1.29, 1.82) is 0 Å². The van der Waals surface area contributed by atoms with E-state index in [4.69, 9.17) is 4.74 Å². The van der Waals surface area contributed by atoms with E-state index in [1.165, 1.54) is 0 Å². The second kappa shape index (κ2) is 8.47. The maximum absolute atomic E-state index is 13.0. The van der Waals surface area contributed by atoms with E-state index in [-0.39, 0.29) is 30.2 Å². The van der Waals surface area contributed by atoms with Crippen molar-refractivity contribution in [3.8, 4) is 0 Å². The summed E-state index contributed by atoms with van der Waals surface area (Å²) in [4.78, 5) is 15.2. The van der Waals surface area contributed by atoms with Crippen molar-refractivity contribution in [3.63, 3.8) is 0 Å². The van der Waals surface area contributed by atoms with Crippen LogP contribution in [0, 0.1) is 0 Å². The van der Waals surface area contributed by atoms with Crippen molar-refractivity contribution < 1.29 is 9.53 Å². The third-order valence-corrected chi connectivity index (χ3v) is 4.93. The van der Waals surface area contributed by atoms with Gasteiger partial charge in [-0.25, -0.2) is 0 Å². The molecule has 0 unspecified atom stereocenters. The van der Waals surface area contributed by atoms with Gasteiger partial charge in [0.2, 0.25) is 5.91 Å². The van der Waals surface area contributed by atoms with Crippen LogP contribution in [-0.4, -0.2) is 42.1 Å². The first-order valence-electron chi connectivity index (χ1n) is 9.34. The molecule has 0 aromatic heterocycles. The average Bonchev–Trinajstić information content (AvgIpc) is 2.66. The summed E-state index contributed by atoms with van der Waals surface area (Å²) in [7, 11) is 0. The third kappa shape index (κ3) is 4.51. The zero-order valence-electron chi connectivity index (χ0n) is 15.8. The summed E-state index contributed by atoms with van der Waals surface area (Å²) in [5.41, 5.74) is 2.17. The summed E-state index contributed by atoms with van der Waals surface area (Å²) >= 11 is 0. The zero-order chi connectivity index (χ0) is 18.5. The molecular formula is C22H28N2O2. The number of hydrogen-bond acceptors (Lipinski definition) is 3. The van der Waals surface area contributed by atoms with Crippen LogP contribution >= 0.6 is 0 Å². The zero-order valence-corrected chi connectivity index (χ0v) is 15.8. The molecular weight excluding hydrogens is 324 g/mol. The number of carbonyl (C=O) groups is 1. The molecule has 1 saturated heterocycles. The minimum Gasteiger partial charge on any atom is -0.373 e. The van der Waals surface area contributed by atoms with E-state index in [0.29, 0.717) is 0 Å². The van der Waals surface area contributed by atoms with Gasteiger partial charge in [-0.3, -0.25) is 9.69 Å². The fourth-order valence-corrected chi connectivity index (χ4v) is 3.61. The van der Waals surface area contributed by atoms with Crippen molar-refractivity contribution in [1.82, 2.24) is 10.2 Å². The van der Waals surface area contributed by atoms with Crippen LogP contribution in [-0.2, 0) is 9.53 Å². The molecule has 0 bridgehead atoms. The highest BCUT2D eigenvalue weighted by Crippen LogP contribution is 2.22. The average molecular weight is 352 g/mol. The van der Waals surface area contributed by atoms with Crippen LogP contribution in [0.2, 0.25) is 0 Å². The minimum atomic E-state index is -0.196. The summed E-state index contributed by atoms with van der Waals surface area (Å²) < 4.78 is 5.79. The highest BCUT2D eigenvalue weighted by molar-refractivity contribution is 5.82. The summed E-state index contributed by atoms with van der Waals surface area (Å²) in [5, 5.41) is 3.25. The molecule has 1 amide bonds. The summed E-state index contributed by atoms with van der Waals surface area (Å²) in [6.07, 6.45) is 0.293. The Morgan fingerprint density at radius 2 is 1.42 bits per heavy atom. The number of carbonyl (C=O) groups excluding carboxylic acids is 1. The first kappa shape index (κ1) is 18.6. The summed E-state index contributed by atoms with van der Waals surface area (Å²) in [6.45, 7) is 7.65. The number of ether oxygens (including phenoxy) is 1. The quantitative estimate of drug-likeness (QED) is 0.897. The van der Waals surface area contributed by atoms with Crippen LogP contribution in [0.15, 0.2) is 60.7 Å². The Labute approximate surface area is 156 Å². The lowest BCUT2D eigenvalue weighted by Crippen LogP contribution is -2.54. The van der Waals surface area contributed by atoms with Gasteiger partial charge in [-0.05, 0) is 31.9 Å². The van der Waals surface area contributed by atoms with Crippen LogP contribution in [0.3, 0.4) is 0 Å². The molecule has 138 valence electrons. The van der Waals surface area contributed by atoms with Crippen LogP contribution in [0.5, 0.6) is 0 Å². The topological polar surface area (TPSA) is 41.6 Å². The Morgan fingerprint density at radius 1 is 0.962 bits per heavy atom. The second-order valence-electron chi connectivity index (χ2n) is 7.15. The Hall–Kier alpha value is -2.17. The molecule has 2 aromatic carbocycles. The second-order valence-corrected chi connectivity index (χ2v) is 7.15. The lowest BCUT2D eigenvalue weighted by molar-refractivity contribution is -0.132. The first-order valence-corrected chi connectivity index (χ1v) is 9.34. The number of rotatable bonds is 5. The number of nitrogens with one attached hydrogen (secondary N) is 1. The van der Waals surface area contributed by atoms with Gasteiger partial charge >= 0.3 is 0 Å². The van der Waals surface area contributed by atoms with Gasteiger partial charge in [-0.15, -0.1) is 0 Å². The Morgan fingerprint density at radius 3 is 1.88 bits per heavy atom. The summed E-state index contributed by atoms with van der Waals surface area (Å²) in [6, 6.07) is 19.9.